The maximum atomic E-state index is 12.9. The van der Waals surface area contributed by atoms with Gasteiger partial charge in [0, 0.05) is 11.6 Å². The lowest BCUT2D eigenvalue weighted by atomic mass is 10.2. The molecule has 0 heterocycles. The second kappa shape index (κ2) is 5.85. The van der Waals surface area contributed by atoms with Gasteiger partial charge in [-0.05, 0) is 12.1 Å². The monoisotopic (exact) mass is 226 g/mol. The molecule has 0 aliphatic carbocycles. The number of aldehydes is 1. The van der Waals surface area contributed by atoms with Gasteiger partial charge in [-0.2, -0.15) is 0 Å². The van der Waals surface area contributed by atoms with Crippen molar-refractivity contribution in [3.8, 4) is 5.75 Å². The lowest BCUT2D eigenvalue weighted by Crippen LogP contribution is -2.07. The maximum absolute atomic E-state index is 12.9. The summed E-state index contributed by atoms with van der Waals surface area (Å²) in [6.07, 6.45) is 0.597. The number of hydrogen-bond donors (Lipinski definition) is 0. The number of methoxy groups -OCH3 is 1. The minimum Gasteiger partial charge on any atom is -0.493 e. The van der Waals surface area contributed by atoms with Crippen LogP contribution in [0.3, 0.4) is 0 Å². The Morgan fingerprint density at radius 3 is 2.81 bits per heavy atom. The quantitative estimate of drug-likeness (QED) is 0.565. The normalized spacial score (nSPS) is 9.62. The Balaban J connectivity index is 2.56. The van der Waals surface area contributed by atoms with Crippen molar-refractivity contribution in [2.75, 3.05) is 13.7 Å². The molecule has 0 N–H and O–H groups in total. The number of carbonyl (C=O) groups excluding carboxylic acids is 2. The van der Waals surface area contributed by atoms with Gasteiger partial charge in [0.2, 0.25) is 0 Å². The van der Waals surface area contributed by atoms with Crippen LogP contribution in [0.2, 0.25) is 0 Å². The van der Waals surface area contributed by atoms with Crippen molar-refractivity contribution in [3.63, 3.8) is 0 Å². The van der Waals surface area contributed by atoms with Gasteiger partial charge in [-0.3, -0.25) is 9.59 Å². The molecule has 0 aliphatic heterocycles. The highest BCUT2D eigenvalue weighted by molar-refractivity contribution is 5.75. The van der Waals surface area contributed by atoms with Crippen molar-refractivity contribution in [3.05, 3.63) is 29.6 Å². The van der Waals surface area contributed by atoms with Crippen LogP contribution < -0.4 is 4.74 Å². The van der Waals surface area contributed by atoms with Gasteiger partial charge in [0.25, 0.3) is 0 Å². The molecule has 4 nitrogen and oxygen atoms in total. The van der Waals surface area contributed by atoms with Gasteiger partial charge in [-0.15, -0.1) is 0 Å². The second-order valence-electron chi connectivity index (χ2n) is 3.01. The van der Waals surface area contributed by atoms with Crippen LogP contribution in [-0.4, -0.2) is 26.0 Å². The van der Waals surface area contributed by atoms with Gasteiger partial charge in [-0.1, -0.05) is 0 Å². The molecule has 1 aromatic rings. The largest absolute Gasteiger partial charge is 0.493 e. The number of carbonyl (C=O) groups is 2. The predicted molar refractivity (Wildman–Crippen MR) is 53.9 cm³/mol. The highest BCUT2D eigenvalue weighted by atomic mass is 19.1. The fourth-order valence-electron chi connectivity index (χ4n) is 1.09. The molecular weight excluding hydrogens is 215 g/mol. The van der Waals surface area contributed by atoms with E-state index in [-0.39, 0.29) is 24.3 Å². The Hall–Kier alpha value is -1.91. The average Bonchev–Trinajstić information content (AvgIpc) is 2.28. The minimum absolute atomic E-state index is 0.0729. The van der Waals surface area contributed by atoms with E-state index in [1.807, 2.05) is 0 Å². The molecule has 0 atom stereocenters. The van der Waals surface area contributed by atoms with E-state index in [1.165, 1.54) is 13.2 Å². The van der Waals surface area contributed by atoms with Crippen LogP contribution in [0.5, 0.6) is 5.75 Å². The summed E-state index contributed by atoms with van der Waals surface area (Å²) in [6, 6.07) is 3.64. The first-order chi connectivity index (χ1) is 7.65. The fourth-order valence-corrected chi connectivity index (χ4v) is 1.09. The van der Waals surface area contributed by atoms with Crippen LogP contribution in [0.1, 0.15) is 16.8 Å². The smallest absolute Gasteiger partial charge is 0.308 e. The summed E-state index contributed by atoms with van der Waals surface area (Å²) in [5.41, 5.74) is 0.188. The van der Waals surface area contributed by atoms with Crippen molar-refractivity contribution in [1.82, 2.24) is 0 Å². The van der Waals surface area contributed by atoms with Crippen LogP contribution in [0.25, 0.3) is 0 Å². The summed E-state index contributed by atoms with van der Waals surface area (Å²) in [6.45, 7) is 0.0778. The van der Waals surface area contributed by atoms with Crippen LogP contribution in [0, 0.1) is 5.82 Å². The summed E-state index contributed by atoms with van der Waals surface area (Å²) >= 11 is 0. The second-order valence-corrected chi connectivity index (χ2v) is 3.01. The van der Waals surface area contributed by atoms with E-state index in [1.54, 1.807) is 0 Å². The summed E-state index contributed by atoms with van der Waals surface area (Å²) in [5.74, 6) is -0.754. The Labute approximate surface area is 92.0 Å². The van der Waals surface area contributed by atoms with Crippen LogP contribution in [0.15, 0.2) is 18.2 Å². The topological polar surface area (TPSA) is 52.6 Å². The van der Waals surface area contributed by atoms with Gasteiger partial charge in [0.05, 0.1) is 20.1 Å². The van der Waals surface area contributed by atoms with E-state index in [4.69, 9.17) is 4.74 Å². The molecule has 0 fully saturated rings. The molecule has 0 saturated carbocycles. The summed E-state index contributed by atoms with van der Waals surface area (Å²) in [5, 5.41) is 0. The lowest BCUT2D eigenvalue weighted by Gasteiger charge is -2.05. The van der Waals surface area contributed by atoms with E-state index < -0.39 is 11.8 Å². The standard InChI is InChI=1S/C11H11FO4/c1-15-11(14)2-3-16-10-5-8(7-13)4-9(12)6-10/h4-7H,2-3H2,1H3. The minimum atomic E-state index is -0.558. The maximum Gasteiger partial charge on any atom is 0.308 e. The molecular formula is C11H11FO4. The van der Waals surface area contributed by atoms with Gasteiger partial charge < -0.3 is 9.47 Å². The molecule has 0 saturated heterocycles. The van der Waals surface area contributed by atoms with Crippen LogP contribution in [-0.2, 0) is 9.53 Å². The molecule has 0 aromatic heterocycles. The van der Waals surface area contributed by atoms with Gasteiger partial charge in [0.15, 0.2) is 0 Å². The summed E-state index contributed by atoms with van der Waals surface area (Å²) in [4.78, 5) is 21.2. The van der Waals surface area contributed by atoms with E-state index in [0.29, 0.717) is 6.29 Å². The van der Waals surface area contributed by atoms with Crippen LogP contribution >= 0.6 is 0 Å². The Morgan fingerprint density at radius 2 is 2.19 bits per heavy atom. The van der Waals surface area contributed by atoms with Gasteiger partial charge in [0.1, 0.15) is 17.9 Å². The molecule has 0 radical (unpaired) electrons. The number of hydrogen-bond acceptors (Lipinski definition) is 4. The molecule has 5 heteroatoms. The van der Waals surface area contributed by atoms with Crippen molar-refractivity contribution < 1.29 is 23.5 Å². The first kappa shape index (κ1) is 12.2. The molecule has 1 rings (SSSR count). The first-order valence-electron chi connectivity index (χ1n) is 4.61. The highest BCUT2D eigenvalue weighted by Crippen LogP contribution is 2.15. The van der Waals surface area contributed by atoms with E-state index in [9.17, 15) is 14.0 Å². The number of ether oxygens (including phenoxy) is 2. The number of esters is 1. The van der Waals surface area contributed by atoms with Crippen LogP contribution in [0.4, 0.5) is 4.39 Å². The zero-order valence-corrected chi connectivity index (χ0v) is 8.73. The van der Waals surface area contributed by atoms with E-state index >= 15 is 0 Å². The van der Waals surface area contributed by atoms with Gasteiger partial charge in [-0.25, -0.2) is 4.39 Å². The molecule has 1 aromatic carbocycles. The zero-order valence-electron chi connectivity index (χ0n) is 8.73. The molecule has 86 valence electrons. The average molecular weight is 226 g/mol. The Bertz CT molecular complexity index is 390. The van der Waals surface area contributed by atoms with Gasteiger partial charge >= 0.3 is 5.97 Å². The third-order valence-electron chi connectivity index (χ3n) is 1.83. The van der Waals surface area contributed by atoms with Crippen molar-refractivity contribution in [2.24, 2.45) is 0 Å². The van der Waals surface area contributed by atoms with E-state index in [2.05, 4.69) is 4.74 Å². The third-order valence-corrected chi connectivity index (χ3v) is 1.83. The molecule has 0 aliphatic rings. The molecule has 0 spiro atoms. The molecule has 0 unspecified atom stereocenters. The SMILES string of the molecule is COC(=O)CCOc1cc(F)cc(C=O)c1. The van der Waals surface area contributed by atoms with Crippen molar-refractivity contribution >= 4 is 12.3 Å². The molecule has 16 heavy (non-hydrogen) atoms. The van der Waals surface area contributed by atoms with E-state index in [0.717, 1.165) is 12.1 Å². The zero-order chi connectivity index (χ0) is 12.0. The number of rotatable bonds is 5. The molecule has 0 amide bonds. The summed E-state index contributed by atoms with van der Waals surface area (Å²) < 4.78 is 22.4. The number of halogens is 1. The fraction of sp³-hybridized carbons (Fsp3) is 0.273. The Morgan fingerprint density at radius 1 is 1.44 bits per heavy atom. The van der Waals surface area contributed by atoms with Crippen molar-refractivity contribution in [2.45, 2.75) is 6.42 Å². The summed E-state index contributed by atoms with van der Waals surface area (Å²) in [7, 11) is 1.27. The number of benzene rings is 1. The third kappa shape index (κ3) is 3.68. The first-order valence-corrected chi connectivity index (χ1v) is 4.61. The highest BCUT2D eigenvalue weighted by Gasteiger charge is 2.03. The predicted octanol–water partition coefficient (Wildman–Crippen LogP) is 1.58. The van der Waals surface area contributed by atoms with Crippen molar-refractivity contribution in [1.29, 1.82) is 0 Å². The molecule has 0 bridgehead atoms. The Kier molecular flexibility index (Phi) is 4.44. The lowest BCUT2D eigenvalue weighted by molar-refractivity contribution is -0.141.